The molecule has 0 bridgehead atoms. The minimum Gasteiger partial charge on any atom is -0.496 e. The van der Waals surface area contributed by atoms with E-state index >= 15 is 0 Å². The highest BCUT2D eigenvalue weighted by Gasteiger charge is 2.26. The van der Waals surface area contributed by atoms with Gasteiger partial charge < -0.3 is 19.1 Å². The molecule has 0 saturated carbocycles. The van der Waals surface area contributed by atoms with Crippen LogP contribution in [0.4, 0.5) is 5.82 Å². The third-order valence-corrected chi connectivity index (χ3v) is 5.49. The molecule has 150 valence electrons. The van der Waals surface area contributed by atoms with Gasteiger partial charge in [0, 0.05) is 44.6 Å². The predicted molar refractivity (Wildman–Crippen MR) is 115 cm³/mol. The Morgan fingerprint density at radius 3 is 2.41 bits per heavy atom. The summed E-state index contributed by atoms with van der Waals surface area (Å²) in [5.41, 5.74) is 1.23. The van der Waals surface area contributed by atoms with E-state index in [4.69, 9.17) is 27.9 Å². The highest BCUT2D eigenvalue weighted by atomic mass is 35.5. The Kier molecular flexibility index (Phi) is 5.65. The second-order valence-electron chi connectivity index (χ2n) is 6.69. The molecule has 6 nitrogen and oxygen atoms in total. The molecule has 29 heavy (non-hydrogen) atoms. The Bertz CT molecular complexity index is 1020. The van der Waals surface area contributed by atoms with Crippen molar-refractivity contribution in [1.82, 2.24) is 14.5 Å². The van der Waals surface area contributed by atoms with Gasteiger partial charge in [0.1, 0.15) is 16.7 Å². The van der Waals surface area contributed by atoms with E-state index < -0.39 is 0 Å². The summed E-state index contributed by atoms with van der Waals surface area (Å²) in [6, 6.07) is 12.8. The van der Waals surface area contributed by atoms with Crippen LogP contribution in [-0.2, 0) is 0 Å². The third-order valence-electron chi connectivity index (χ3n) is 4.97. The highest BCUT2D eigenvalue weighted by molar-refractivity contribution is 6.33. The number of piperazine rings is 1. The first-order valence-corrected chi connectivity index (χ1v) is 10.00. The zero-order valence-electron chi connectivity index (χ0n) is 15.9. The summed E-state index contributed by atoms with van der Waals surface area (Å²) in [6.07, 6.45) is 3.79. The van der Waals surface area contributed by atoms with Crippen molar-refractivity contribution in [2.45, 2.75) is 0 Å². The molecular formula is C21H20Cl2N4O2. The van der Waals surface area contributed by atoms with E-state index in [1.54, 1.807) is 25.3 Å². The van der Waals surface area contributed by atoms with Gasteiger partial charge in [0.05, 0.1) is 23.4 Å². The molecule has 1 saturated heterocycles. The lowest BCUT2D eigenvalue weighted by molar-refractivity contribution is 0.0743. The van der Waals surface area contributed by atoms with Crippen molar-refractivity contribution in [3.8, 4) is 11.4 Å². The number of pyridine rings is 1. The molecule has 1 fully saturated rings. The number of benzene rings is 1. The maximum atomic E-state index is 13.2. The van der Waals surface area contributed by atoms with E-state index in [2.05, 4.69) is 9.88 Å². The number of ether oxygens (including phenoxy) is 1. The third kappa shape index (κ3) is 4.04. The maximum Gasteiger partial charge on any atom is 0.257 e. The molecular weight excluding hydrogens is 411 g/mol. The molecule has 0 N–H and O–H groups in total. The Balaban J connectivity index is 1.52. The molecule has 1 aliphatic rings. The lowest BCUT2D eigenvalue weighted by Crippen LogP contribution is -2.49. The van der Waals surface area contributed by atoms with Gasteiger partial charge in [-0.15, -0.1) is 0 Å². The van der Waals surface area contributed by atoms with E-state index in [1.807, 2.05) is 46.1 Å². The summed E-state index contributed by atoms with van der Waals surface area (Å²) < 4.78 is 7.38. The van der Waals surface area contributed by atoms with E-state index in [0.29, 0.717) is 47.7 Å². The van der Waals surface area contributed by atoms with Gasteiger partial charge in [-0.05, 0) is 30.3 Å². The summed E-state index contributed by atoms with van der Waals surface area (Å²) in [4.78, 5) is 21.4. The van der Waals surface area contributed by atoms with Crippen molar-refractivity contribution in [1.29, 1.82) is 0 Å². The minimum absolute atomic E-state index is 0.0958. The summed E-state index contributed by atoms with van der Waals surface area (Å²) >= 11 is 12.5. The number of halogens is 2. The summed E-state index contributed by atoms with van der Waals surface area (Å²) in [5, 5.41) is 0.954. The number of nitrogens with zero attached hydrogens (tertiary/aromatic N) is 4. The fourth-order valence-corrected chi connectivity index (χ4v) is 3.87. The van der Waals surface area contributed by atoms with Crippen molar-refractivity contribution in [3.05, 3.63) is 70.6 Å². The number of methoxy groups -OCH3 is 1. The van der Waals surface area contributed by atoms with Crippen LogP contribution in [-0.4, -0.2) is 53.6 Å². The van der Waals surface area contributed by atoms with Gasteiger partial charge in [0.15, 0.2) is 0 Å². The SMILES string of the molecule is COc1cc(-n2cccc2)c(Cl)cc1C(=O)N1CCN(c2cccc(Cl)n2)CC1. The molecule has 0 spiro atoms. The maximum absolute atomic E-state index is 13.2. The lowest BCUT2D eigenvalue weighted by atomic mass is 10.1. The summed E-state index contributed by atoms with van der Waals surface area (Å²) in [6.45, 7) is 2.51. The van der Waals surface area contributed by atoms with Crippen molar-refractivity contribution >= 4 is 34.9 Å². The van der Waals surface area contributed by atoms with Crippen LogP contribution in [0, 0.1) is 0 Å². The monoisotopic (exact) mass is 430 g/mol. The number of hydrogen-bond donors (Lipinski definition) is 0. The molecule has 0 atom stereocenters. The number of carbonyl (C=O) groups excluding carboxylic acids is 1. The second-order valence-corrected chi connectivity index (χ2v) is 7.49. The minimum atomic E-state index is -0.0958. The van der Waals surface area contributed by atoms with E-state index in [1.165, 1.54) is 0 Å². The van der Waals surface area contributed by atoms with E-state index in [-0.39, 0.29) is 5.91 Å². The van der Waals surface area contributed by atoms with Crippen LogP contribution in [0.15, 0.2) is 54.9 Å². The van der Waals surface area contributed by atoms with Crippen LogP contribution in [0.3, 0.4) is 0 Å². The summed E-state index contributed by atoms with van der Waals surface area (Å²) in [5.74, 6) is 1.23. The Morgan fingerprint density at radius 1 is 1.03 bits per heavy atom. The molecule has 1 aromatic carbocycles. The van der Waals surface area contributed by atoms with Crippen LogP contribution in [0.1, 0.15) is 10.4 Å². The van der Waals surface area contributed by atoms with Gasteiger partial charge in [-0.1, -0.05) is 29.3 Å². The van der Waals surface area contributed by atoms with Crippen LogP contribution < -0.4 is 9.64 Å². The lowest BCUT2D eigenvalue weighted by Gasteiger charge is -2.35. The second kappa shape index (κ2) is 8.35. The molecule has 3 aromatic rings. The van der Waals surface area contributed by atoms with Gasteiger partial charge in [-0.3, -0.25) is 4.79 Å². The van der Waals surface area contributed by atoms with Gasteiger partial charge in [-0.25, -0.2) is 4.98 Å². The molecule has 2 aromatic heterocycles. The Labute approximate surface area is 179 Å². The predicted octanol–water partition coefficient (Wildman–Crippen LogP) is 4.15. The highest BCUT2D eigenvalue weighted by Crippen LogP contribution is 2.31. The molecule has 4 rings (SSSR count). The first-order chi connectivity index (χ1) is 14.1. The Morgan fingerprint density at radius 2 is 1.76 bits per heavy atom. The Hall–Kier alpha value is -2.70. The quantitative estimate of drug-likeness (QED) is 0.583. The number of hydrogen-bond acceptors (Lipinski definition) is 4. The standard InChI is InChI=1S/C21H20Cl2N4O2/c1-29-18-14-17(25-7-2-3-8-25)16(22)13-15(18)21(28)27-11-9-26(10-12-27)20-6-4-5-19(23)24-20/h2-8,13-14H,9-12H2,1H3. The molecule has 0 radical (unpaired) electrons. The fraction of sp³-hybridized carbons (Fsp3) is 0.238. The molecule has 0 aliphatic carbocycles. The number of anilines is 1. The number of aromatic nitrogens is 2. The van der Waals surface area contributed by atoms with Gasteiger partial charge in [0.2, 0.25) is 0 Å². The molecule has 1 amide bonds. The van der Waals surface area contributed by atoms with Crippen molar-refractivity contribution < 1.29 is 9.53 Å². The first kappa shape index (κ1) is 19.6. The number of carbonyl (C=O) groups is 1. The average Bonchev–Trinajstić information content (AvgIpc) is 3.28. The largest absolute Gasteiger partial charge is 0.496 e. The number of amides is 1. The van der Waals surface area contributed by atoms with Crippen LogP contribution >= 0.6 is 23.2 Å². The first-order valence-electron chi connectivity index (χ1n) is 9.24. The molecule has 1 aliphatic heterocycles. The zero-order valence-corrected chi connectivity index (χ0v) is 17.4. The molecule has 8 heteroatoms. The van der Waals surface area contributed by atoms with Crippen molar-refractivity contribution in [2.24, 2.45) is 0 Å². The topological polar surface area (TPSA) is 50.6 Å². The van der Waals surface area contributed by atoms with Crippen LogP contribution in [0.2, 0.25) is 10.2 Å². The van der Waals surface area contributed by atoms with Crippen molar-refractivity contribution in [3.63, 3.8) is 0 Å². The smallest absolute Gasteiger partial charge is 0.257 e. The van der Waals surface area contributed by atoms with Gasteiger partial charge >= 0.3 is 0 Å². The zero-order chi connectivity index (χ0) is 20.4. The van der Waals surface area contributed by atoms with E-state index in [0.717, 1.165) is 11.5 Å². The average molecular weight is 431 g/mol. The van der Waals surface area contributed by atoms with Crippen molar-refractivity contribution in [2.75, 3.05) is 38.2 Å². The normalized spacial score (nSPS) is 14.2. The van der Waals surface area contributed by atoms with Gasteiger partial charge in [0.25, 0.3) is 5.91 Å². The molecule has 3 heterocycles. The van der Waals surface area contributed by atoms with Crippen LogP contribution in [0.5, 0.6) is 5.75 Å². The van der Waals surface area contributed by atoms with E-state index in [9.17, 15) is 4.79 Å². The number of rotatable bonds is 4. The van der Waals surface area contributed by atoms with Gasteiger partial charge in [-0.2, -0.15) is 0 Å². The fourth-order valence-electron chi connectivity index (χ4n) is 3.45. The molecule has 0 unspecified atom stereocenters. The summed E-state index contributed by atoms with van der Waals surface area (Å²) in [7, 11) is 1.56. The van der Waals surface area contributed by atoms with Crippen LogP contribution in [0.25, 0.3) is 5.69 Å².